The van der Waals surface area contributed by atoms with E-state index in [2.05, 4.69) is 23.2 Å². The van der Waals surface area contributed by atoms with Crippen molar-refractivity contribution in [2.45, 2.75) is 0 Å². The van der Waals surface area contributed by atoms with E-state index in [0.717, 1.165) is 37.9 Å². The van der Waals surface area contributed by atoms with Crippen molar-refractivity contribution in [2.24, 2.45) is 0 Å². The minimum Gasteiger partial charge on any atom is -0.353 e. The summed E-state index contributed by atoms with van der Waals surface area (Å²) in [5, 5.41) is 2.87. The van der Waals surface area contributed by atoms with E-state index < -0.39 is 0 Å². The van der Waals surface area contributed by atoms with Crippen molar-refractivity contribution in [1.82, 2.24) is 9.97 Å². The van der Waals surface area contributed by atoms with Gasteiger partial charge in [-0.3, -0.25) is 0 Å². The number of pyridine rings is 1. The summed E-state index contributed by atoms with van der Waals surface area (Å²) < 4.78 is 0. The number of rotatable bonds is 0. The molecule has 0 fully saturated rings. The molecule has 0 radical (unpaired) electrons. The highest BCUT2D eigenvalue weighted by Crippen LogP contribution is 2.29. The molecule has 0 aliphatic carbocycles. The molecule has 2 aromatic carbocycles. The minimum absolute atomic E-state index is 0.737. The standard InChI is InChI=1S/C15H9ClN2/c16-11-5-3-7-13-10(11)8-14-15(18-13)9-4-1-2-6-12(9)17-14/h1-8,17H. The molecule has 4 aromatic rings. The number of fused-ring (bicyclic) bond motifs is 4. The first-order valence-corrected chi connectivity index (χ1v) is 6.16. The van der Waals surface area contributed by atoms with Crippen molar-refractivity contribution in [3.63, 3.8) is 0 Å². The van der Waals surface area contributed by atoms with E-state index in [4.69, 9.17) is 16.6 Å². The zero-order chi connectivity index (χ0) is 12.1. The number of para-hydroxylation sites is 1. The first kappa shape index (κ1) is 9.92. The molecule has 0 saturated heterocycles. The quantitative estimate of drug-likeness (QED) is 0.490. The SMILES string of the molecule is Clc1cccc2nc3c(cc12)[nH]c1ccccc13. The van der Waals surface area contributed by atoms with Crippen LogP contribution in [0.25, 0.3) is 32.8 Å². The second kappa shape index (κ2) is 3.47. The van der Waals surface area contributed by atoms with Gasteiger partial charge in [-0.05, 0) is 24.3 Å². The number of nitrogens with one attached hydrogen (secondary N) is 1. The van der Waals surface area contributed by atoms with Crippen LogP contribution in [0.3, 0.4) is 0 Å². The predicted octanol–water partition coefficient (Wildman–Crippen LogP) is 4.52. The molecule has 0 unspecified atom stereocenters. The molecule has 0 saturated carbocycles. The lowest BCUT2D eigenvalue weighted by molar-refractivity contribution is 1.49. The second-order valence-corrected chi connectivity index (χ2v) is 4.77. The van der Waals surface area contributed by atoms with E-state index in [1.807, 2.05) is 30.3 Å². The molecule has 3 heteroatoms. The highest BCUT2D eigenvalue weighted by Gasteiger charge is 2.08. The van der Waals surface area contributed by atoms with Gasteiger partial charge in [-0.25, -0.2) is 4.98 Å². The van der Waals surface area contributed by atoms with Crippen LogP contribution in [0.1, 0.15) is 0 Å². The van der Waals surface area contributed by atoms with Gasteiger partial charge in [0.15, 0.2) is 0 Å². The topological polar surface area (TPSA) is 28.7 Å². The summed E-state index contributed by atoms with van der Waals surface area (Å²) in [6.45, 7) is 0. The van der Waals surface area contributed by atoms with Gasteiger partial charge in [-0.1, -0.05) is 35.9 Å². The second-order valence-electron chi connectivity index (χ2n) is 4.36. The molecule has 0 amide bonds. The summed E-state index contributed by atoms with van der Waals surface area (Å²) in [6, 6.07) is 16.1. The Kier molecular flexibility index (Phi) is 1.91. The fourth-order valence-electron chi connectivity index (χ4n) is 2.40. The molecule has 2 heterocycles. The third-order valence-electron chi connectivity index (χ3n) is 3.26. The highest BCUT2D eigenvalue weighted by molar-refractivity contribution is 6.35. The third-order valence-corrected chi connectivity index (χ3v) is 3.59. The molecule has 2 aromatic heterocycles. The van der Waals surface area contributed by atoms with E-state index in [1.165, 1.54) is 0 Å². The zero-order valence-corrected chi connectivity index (χ0v) is 10.2. The lowest BCUT2D eigenvalue weighted by Crippen LogP contribution is -1.80. The van der Waals surface area contributed by atoms with Crippen LogP contribution in [0.5, 0.6) is 0 Å². The van der Waals surface area contributed by atoms with Crippen molar-refractivity contribution < 1.29 is 0 Å². The Bertz CT molecular complexity index is 893. The number of hydrogen-bond donors (Lipinski definition) is 1. The number of hydrogen-bond acceptors (Lipinski definition) is 1. The predicted molar refractivity (Wildman–Crippen MR) is 76.1 cm³/mol. The first-order valence-electron chi connectivity index (χ1n) is 5.78. The van der Waals surface area contributed by atoms with Gasteiger partial charge in [0.05, 0.1) is 21.6 Å². The van der Waals surface area contributed by atoms with Gasteiger partial charge < -0.3 is 4.98 Å². The Morgan fingerprint density at radius 2 is 1.78 bits per heavy atom. The van der Waals surface area contributed by atoms with Crippen LogP contribution >= 0.6 is 11.6 Å². The molecule has 18 heavy (non-hydrogen) atoms. The number of H-pyrrole nitrogens is 1. The summed E-state index contributed by atoms with van der Waals surface area (Å²) in [5.41, 5.74) is 4.06. The molecule has 86 valence electrons. The molecule has 2 nitrogen and oxygen atoms in total. The van der Waals surface area contributed by atoms with Gasteiger partial charge in [0.25, 0.3) is 0 Å². The minimum atomic E-state index is 0.737. The lowest BCUT2D eigenvalue weighted by Gasteiger charge is -1.99. The number of aromatic amines is 1. The molecule has 0 spiro atoms. The fourth-order valence-corrected chi connectivity index (χ4v) is 2.63. The summed E-state index contributed by atoms with van der Waals surface area (Å²) in [5.74, 6) is 0. The Hall–Kier alpha value is -2.06. The van der Waals surface area contributed by atoms with Crippen molar-refractivity contribution in [1.29, 1.82) is 0 Å². The summed E-state index contributed by atoms with van der Waals surface area (Å²) in [7, 11) is 0. The van der Waals surface area contributed by atoms with Crippen LogP contribution in [0, 0.1) is 0 Å². The van der Waals surface area contributed by atoms with Crippen LogP contribution in [-0.4, -0.2) is 9.97 Å². The van der Waals surface area contributed by atoms with Crippen LogP contribution in [-0.2, 0) is 0 Å². The zero-order valence-electron chi connectivity index (χ0n) is 9.44. The average Bonchev–Trinajstić information content (AvgIpc) is 2.75. The first-order chi connectivity index (χ1) is 8.83. The highest BCUT2D eigenvalue weighted by atomic mass is 35.5. The smallest absolute Gasteiger partial charge is 0.0965 e. The maximum absolute atomic E-state index is 6.20. The van der Waals surface area contributed by atoms with Gasteiger partial charge in [-0.15, -0.1) is 0 Å². The molecule has 0 aliphatic rings. The Morgan fingerprint density at radius 1 is 0.889 bits per heavy atom. The summed E-state index contributed by atoms with van der Waals surface area (Å²) >= 11 is 6.20. The van der Waals surface area contributed by atoms with Gasteiger partial charge in [0, 0.05) is 16.3 Å². The normalized spacial score (nSPS) is 11.6. The van der Waals surface area contributed by atoms with Crippen LogP contribution < -0.4 is 0 Å². The average molecular weight is 253 g/mol. The summed E-state index contributed by atoms with van der Waals surface area (Å²) in [4.78, 5) is 8.09. The van der Waals surface area contributed by atoms with Gasteiger partial charge in [0.2, 0.25) is 0 Å². The van der Waals surface area contributed by atoms with Crippen LogP contribution in [0.15, 0.2) is 48.5 Å². The molecular formula is C15H9ClN2. The van der Waals surface area contributed by atoms with Crippen molar-refractivity contribution in [3.8, 4) is 0 Å². The summed E-state index contributed by atoms with van der Waals surface area (Å²) in [6.07, 6.45) is 0. The number of halogens is 1. The van der Waals surface area contributed by atoms with Gasteiger partial charge >= 0.3 is 0 Å². The molecule has 0 atom stereocenters. The largest absolute Gasteiger partial charge is 0.353 e. The Morgan fingerprint density at radius 3 is 2.72 bits per heavy atom. The number of nitrogens with zero attached hydrogens (tertiary/aromatic N) is 1. The fraction of sp³-hybridized carbons (Fsp3) is 0. The monoisotopic (exact) mass is 252 g/mol. The Balaban J connectivity index is 2.27. The van der Waals surface area contributed by atoms with E-state index >= 15 is 0 Å². The lowest BCUT2D eigenvalue weighted by atomic mass is 10.2. The van der Waals surface area contributed by atoms with Gasteiger partial charge in [0.1, 0.15) is 0 Å². The molecule has 1 N–H and O–H groups in total. The number of benzene rings is 2. The van der Waals surface area contributed by atoms with E-state index in [1.54, 1.807) is 0 Å². The van der Waals surface area contributed by atoms with E-state index in [-0.39, 0.29) is 0 Å². The molecular weight excluding hydrogens is 244 g/mol. The third kappa shape index (κ3) is 1.27. The Labute approximate surface area is 108 Å². The van der Waals surface area contributed by atoms with Crippen molar-refractivity contribution >= 4 is 44.4 Å². The van der Waals surface area contributed by atoms with Crippen LogP contribution in [0.2, 0.25) is 5.02 Å². The van der Waals surface area contributed by atoms with E-state index in [0.29, 0.717) is 0 Å². The van der Waals surface area contributed by atoms with Gasteiger partial charge in [-0.2, -0.15) is 0 Å². The van der Waals surface area contributed by atoms with E-state index in [9.17, 15) is 0 Å². The molecule has 0 bridgehead atoms. The maximum Gasteiger partial charge on any atom is 0.0965 e. The van der Waals surface area contributed by atoms with Crippen molar-refractivity contribution in [3.05, 3.63) is 53.6 Å². The molecule has 0 aliphatic heterocycles. The maximum atomic E-state index is 6.20. The van der Waals surface area contributed by atoms with Crippen molar-refractivity contribution in [2.75, 3.05) is 0 Å². The van der Waals surface area contributed by atoms with Crippen LogP contribution in [0.4, 0.5) is 0 Å². The molecule has 4 rings (SSSR count). The number of aromatic nitrogens is 2.